The first-order chi connectivity index (χ1) is 11.5. The van der Waals surface area contributed by atoms with E-state index in [4.69, 9.17) is 0 Å². The van der Waals surface area contributed by atoms with E-state index in [9.17, 15) is 19.7 Å². The summed E-state index contributed by atoms with van der Waals surface area (Å²) in [7, 11) is 0. The van der Waals surface area contributed by atoms with Crippen LogP contribution in [0.4, 0.5) is 11.4 Å². The third-order valence-corrected chi connectivity index (χ3v) is 4.05. The summed E-state index contributed by atoms with van der Waals surface area (Å²) in [6, 6.07) is 6.20. The van der Waals surface area contributed by atoms with E-state index in [2.05, 4.69) is 5.32 Å². The number of nitrogens with zero attached hydrogens (tertiary/aromatic N) is 3. The molecule has 0 bridgehead atoms. The normalized spacial score (nSPS) is 14.4. The van der Waals surface area contributed by atoms with Crippen LogP contribution in [0.1, 0.15) is 19.8 Å². The Hall–Kier alpha value is -2.64. The third-order valence-electron chi connectivity index (χ3n) is 4.05. The van der Waals surface area contributed by atoms with Crippen molar-refractivity contribution in [2.75, 3.05) is 38.0 Å². The molecule has 1 aliphatic heterocycles. The van der Waals surface area contributed by atoms with Crippen LogP contribution in [0.5, 0.6) is 0 Å². The number of amides is 2. The highest BCUT2D eigenvalue weighted by Gasteiger charge is 2.21. The van der Waals surface area contributed by atoms with Crippen LogP contribution < -0.4 is 5.32 Å². The summed E-state index contributed by atoms with van der Waals surface area (Å²) >= 11 is 0. The van der Waals surface area contributed by atoms with Gasteiger partial charge in [-0.3, -0.25) is 19.7 Å². The van der Waals surface area contributed by atoms with Gasteiger partial charge in [-0.15, -0.1) is 0 Å². The fourth-order valence-electron chi connectivity index (χ4n) is 2.60. The molecular formula is C16H22N4O4. The lowest BCUT2D eigenvalue weighted by Gasteiger charge is -2.34. The third kappa shape index (κ3) is 4.94. The van der Waals surface area contributed by atoms with Crippen LogP contribution in [0.25, 0.3) is 0 Å². The van der Waals surface area contributed by atoms with Crippen LogP contribution in [0.15, 0.2) is 24.3 Å². The number of benzene rings is 1. The monoisotopic (exact) mass is 334 g/mol. The Balaban J connectivity index is 1.66. The molecule has 0 unspecified atom stereocenters. The molecule has 0 saturated carbocycles. The predicted molar refractivity (Wildman–Crippen MR) is 89.7 cm³/mol. The van der Waals surface area contributed by atoms with Gasteiger partial charge in [0.15, 0.2) is 0 Å². The Bertz CT molecular complexity index is 595. The summed E-state index contributed by atoms with van der Waals surface area (Å²) in [6.07, 6.45) is 1.13. The first-order valence-electron chi connectivity index (χ1n) is 7.99. The number of hydrogen-bond donors (Lipinski definition) is 1. The Morgan fingerprint density at radius 1 is 1.12 bits per heavy atom. The molecule has 8 heteroatoms. The Kier molecular flexibility index (Phi) is 6.11. The van der Waals surface area contributed by atoms with Gasteiger partial charge in [-0.2, -0.15) is 0 Å². The van der Waals surface area contributed by atoms with Crippen molar-refractivity contribution in [3.63, 3.8) is 0 Å². The molecule has 1 aromatic rings. The fourth-order valence-corrected chi connectivity index (χ4v) is 2.60. The van der Waals surface area contributed by atoms with E-state index in [1.54, 1.807) is 28.9 Å². The van der Waals surface area contributed by atoms with Crippen molar-refractivity contribution in [3.8, 4) is 0 Å². The highest BCUT2D eigenvalue weighted by Crippen LogP contribution is 2.15. The number of carbonyl (C=O) groups is 2. The van der Waals surface area contributed by atoms with Gasteiger partial charge in [-0.05, 0) is 18.6 Å². The molecule has 0 aromatic heterocycles. The maximum Gasteiger partial charge on any atom is 0.269 e. The van der Waals surface area contributed by atoms with Gasteiger partial charge in [0.1, 0.15) is 0 Å². The Labute approximate surface area is 140 Å². The van der Waals surface area contributed by atoms with Crippen LogP contribution >= 0.6 is 0 Å². The minimum absolute atomic E-state index is 0.0504. The number of nitro groups is 1. The minimum Gasteiger partial charge on any atom is -0.385 e. The van der Waals surface area contributed by atoms with Crippen molar-refractivity contribution < 1.29 is 14.5 Å². The van der Waals surface area contributed by atoms with Crippen molar-refractivity contribution in [2.24, 2.45) is 0 Å². The molecule has 1 aromatic carbocycles. The molecule has 1 saturated heterocycles. The van der Waals surface area contributed by atoms with Crippen molar-refractivity contribution in [1.29, 1.82) is 0 Å². The smallest absolute Gasteiger partial charge is 0.269 e. The van der Waals surface area contributed by atoms with Crippen LogP contribution in [0.2, 0.25) is 0 Å². The minimum atomic E-state index is -0.436. The molecule has 8 nitrogen and oxygen atoms in total. The van der Waals surface area contributed by atoms with E-state index in [1.807, 2.05) is 0 Å². The van der Waals surface area contributed by atoms with Crippen molar-refractivity contribution >= 4 is 23.2 Å². The quantitative estimate of drug-likeness (QED) is 0.483. The standard InChI is InChI=1S/C16H22N4O4/c1-13(21)18-9-11-19(12-10-18)16(22)3-2-8-17-14-4-6-15(7-5-14)20(23)24/h4-7,17H,2-3,8-12H2,1H3. The summed E-state index contributed by atoms with van der Waals surface area (Å²) in [5.74, 6) is 0.151. The largest absolute Gasteiger partial charge is 0.385 e. The predicted octanol–water partition coefficient (Wildman–Crippen LogP) is 1.48. The second kappa shape index (κ2) is 8.28. The zero-order valence-electron chi connectivity index (χ0n) is 13.7. The van der Waals surface area contributed by atoms with Crippen molar-refractivity contribution in [1.82, 2.24) is 9.80 Å². The molecule has 2 rings (SSSR count). The maximum absolute atomic E-state index is 12.1. The average molecular weight is 334 g/mol. The van der Waals surface area contributed by atoms with Gasteiger partial charge in [0.05, 0.1) is 4.92 Å². The zero-order chi connectivity index (χ0) is 17.5. The number of carbonyl (C=O) groups excluding carboxylic acids is 2. The molecular weight excluding hydrogens is 312 g/mol. The highest BCUT2D eigenvalue weighted by atomic mass is 16.6. The van der Waals surface area contributed by atoms with Crippen molar-refractivity contribution in [2.45, 2.75) is 19.8 Å². The van der Waals surface area contributed by atoms with Gasteiger partial charge in [-0.25, -0.2) is 0 Å². The zero-order valence-corrected chi connectivity index (χ0v) is 13.7. The maximum atomic E-state index is 12.1. The van der Waals surface area contributed by atoms with Crippen LogP contribution in [0, 0.1) is 10.1 Å². The second-order valence-corrected chi connectivity index (χ2v) is 5.72. The summed E-state index contributed by atoms with van der Waals surface area (Å²) in [6.45, 7) is 4.55. The van der Waals surface area contributed by atoms with Crippen LogP contribution in [0.3, 0.4) is 0 Å². The summed E-state index contributed by atoms with van der Waals surface area (Å²) in [4.78, 5) is 37.1. The lowest BCUT2D eigenvalue weighted by molar-refractivity contribution is -0.384. The second-order valence-electron chi connectivity index (χ2n) is 5.72. The molecule has 1 heterocycles. The van der Waals surface area contributed by atoms with Crippen molar-refractivity contribution in [3.05, 3.63) is 34.4 Å². The van der Waals surface area contributed by atoms with E-state index in [-0.39, 0.29) is 17.5 Å². The molecule has 24 heavy (non-hydrogen) atoms. The molecule has 0 spiro atoms. The Morgan fingerprint density at radius 3 is 2.25 bits per heavy atom. The number of piperazine rings is 1. The molecule has 0 aliphatic carbocycles. The lowest BCUT2D eigenvalue weighted by Crippen LogP contribution is -2.50. The van der Waals surface area contributed by atoms with Gasteiger partial charge >= 0.3 is 0 Å². The number of nitrogens with one attached hydrogen (secondary N) is 1. The molecule has 1 aliphatic rings. The number of hydrogen-bond acceptors (Lipinski definition) is 5. The van der Waals surface area contributed by atoms with E-state index < -0.39 is 4.92 Å². The van der Waals surface area contributed by atoms with E-state index in [1.165, 1.54) is 12.1 Å². The number of non-ortho nitro benzene ring substituents is 1. The van der Waals surface area contributed by atoms with Gasteiger partial charge < -0.3 is 15.1 Å². The number of nitro benzene ring substituents is 1. The fraction of sp³-hybridized carbons (Fsp3) is 0.500. The van der Waals surface area contributed by atoms with E-state index in [0.717, 1.165) is 5.69 Å². The molecule has 0 radical (unpaired) electrons. The van der Waals surface area contributed by atoms with Gasteiger partial charge in [0.2, 0.25) is 11.8 Å². The molecule has 0 atom stereocenters. The highest BCUT2D eigenvalue weighted by molar-refractivity contribution is 5.77. The first-order valence-corrected chi connectivity index (χ1v) is 7.99. The first kappa shape index (κ1) is 17.7. The molecule has 1 fully saturated rings. The summed E-state index contributed by atoms with van der Waals surface area (Å²) < 4.78 is 0. The summed E-state index contributed by atoms with van der Waals surface area (Å²) in [5.41, 5.74) is 0.851. The topological polar surface area (TPSA) is 95.8 Å². The van der Waals surface area contributed by atoms with Gasteiger partial charge in [0, 0.05) is 63.9 Å². The van der Waals surface area contributed by atoms with E-state index >= 15 is 0 Å². The summed E-state index contributed by atoms with van der Waals surface area (Å²) in [5, 5.41) is 13.7. The van der Waals surface area contributed by atoms with Gasteiger partial charge in [0.25, 0.3) is 5.69 Å². The number of rotatable bonds is 6. The SMILES string of the molecule is CC(=O)N1CCN(C(=O)CCCNc2ccc([N+](=O)[O-])cc2)CC1. The average Bonchev–Trinajstić information content (AvgIpc) is 2.59. The van der Waals surface area contributed by atoms with Crippen LogP contribution in [-0.2, 0) is 9.59 Å². The molecule has 130 valence electrons. The van der Waals surface area contributed by atoms with E-state index in [0.29, 0.717) is 45.6 Å². The molecule has 2 amide bonds. The lowest BCUT2D eigenvalue weighted by atomic mass is 10.2. The number of anilines is 1. The van der Waals surface area contributed by atoms with Crippen LogP contribution in [-0.4, -0.2) is 59.3 Å². The molecule has 1 N–H and O–H groups in total. The van der Waals surface area contributed by atoms with Gasteiger partial charge in [-0.1, -0.05) is 0 Å². The Morgan fingerprint density at radius 2 is 1.71 bits per heavy atom.